The first kappa shape index (κ1) is 16.7. The second-order valence-electron chi connectivity index (χ2n) is 4.88. The summed E-state index contributed by atoms with van der Waals surface area (Å²) in [4.78, 5) is 0. The van der Waals surface area contributed by atoms with Gasteiger partial charge >= 0.3 is 6.18 Å². The van der Waals surface area contributed by atoms with E-state index in [4.69, 9.17) is 4.74 Å². The molecule has 2 heterocycles. The van der Waals surface area contributed by atoms with Crippen LogP contribution < -0.4 is 4.72 Å². The zero-order valence-electron chi connectivity index (χ0n) is 11.2. The van der Waals surface area contributed by atoms with Gasteiger partial charge in [-0.15, -0.1) is 0 Å². The van der Waals surface area contributed by atoms with Crippen molar-refractivity contribution in [3.05, 3.63) is 11.8 Å². The molecule has 1 aliphatic heterocycles. The lowest BCUT2D eigenvalue weighted by molar-refractivity contribution is -0.169. The van der Waals surface area contributed by atoms with Crippen molar-refractivity contribution in [2.75, 3.05) is 13.2 Å². The number of hydrogen-bond acceptors (Lipinski definition) is 5. The van der Waals surface area contributed by atoms with Gasteiger partial charge in [-0.2, -0.15) is 22.3 Å². The maximum Gasteiger partial charge on any atom is 0.405 e. The van der Waals surface area contributed by atoms with Crippen molar-refractivity contribution in [2.24, 2.45) is 5.92 Å². The molecular formula is C11H15F3N2O3S2. The van der Waals surface area contributed by atoms with Crippen molar-refractivity contribution in [1.82, 2.24) is 9.10 Å². The van der Waals surface area contributed by atoms with Gasteiger partial charge in [0.25, 0.3) is 10.0 Å². The Morgan fingerprint density at radius 1 is 1.43 bits per heavy atom. The number of aryl methyl sites for hydroxylation is 1. The van der Waals surface area contributed by atoms with Gasteiger partial charge in [0.15, 0.2) is 4.21 Å². The summed E-state index contributed by atoms with van der Waals surface area (Å²) >= 11 is 0.663. The van der Waals surface area contributed by atoms with E-state index in [1.54, 1.807) is 11.6 Å². The number of halogens is 3. The van der Waals surface area contributed by atoms with E-state index < -0.39 is 28.2 Å². The van der Waals surface area contributed by atoms with Gasteiger partial charge in [0.05, 0.1) is 5.69 Å². The summed E-state index contributed by atoms with van der Waals surface area (Å²) in [6.07, 6.45) is -4.29. The third-order valence-corrected chi connectivity index (χ3v) is 6.01. The van der Waals surface area contributed by atoms with Gasteiger partial charge in [-0.1, -0.05) is 0 Å². The molecule has 0 unspecified atom stereocenters. The molecular weight excluding hydrogens is 329 g/mol. The van der Waals surface area contributed by atoms with Crippen LogP contribution in [0.1, 0.15) is 18.5 Å². The second-order valence-corrected chi connectivity index (χ2v) is 7.62. The molecule has 0 aliphatic carbocycles. The summed E-state index contributed by atoms with van der Waals surface area (Å²) in [5, 5.41) is 0. The number of nitrogens with one attached hydrogen (secondary N) is 1. The minimum absolute atomic E-state index is 0.175. The summed E-state index contributed by atoms with van der Waals surface area (Å²) in [5.41, 5.74) is 0.454. The van der Waals surface area contributed by atoms with Crippen molar-refractivity contribution in [1.29, 1.82) is 0 Å². The standard InChI is InChI=1S/C11H15F3N2O3S2/c1-7-6-9(20-15-7)21(17,18)16-10(11(12,13)14)8-2-4-19-5-3-8/h6,8,10,16H,2-5H2,1H3/t10-/m1/s1. The zero-order valence-corrected chi connectivity index (χ0v) is 12.8. The van der Waals surface area contributed by atoms with E-state index in [2.05, 4.69) is 4.37 Å². The fraction of sp³-hybridized carbons (Fsp3) is 0.727. The fourth-order valence-corrected chi connectivity index (χ4v) is 4.43. The minimum Gasteiger partial charge on any atom is -0.381 e. The second kappa shape index (κ2) is 6.19. The molecule has 120 valence electrons. The molecule has 10 heteroatoms. The molecule has 1 N–H and O–H groups in total. The summed E-state index contributed by atoms with van der Waals surface area (Å²) in [7, 11) is -4.23. The Hall–Kier alpha value is -0.710. The van der Waals surface area contributed by atoms with Gasteiger partial charge < -0.3 is 4.74 Å². The molecule has 1 aromatic rings. The van der Waals surface area contributed by atoms with Crippen LogP contribution >= 0.6 is 11.5 Å². The minimum atomic E-state index is -4.64. The van der Waals surface area contributed by atoms with Crippen molar-refractivity contribution in [3.8, 4) is 0 Å². The van der Waals surface area contributed by atoms with Gasteiger partial charge in [0, 0.05) is 13.2 Å². The van der Waals surface area contributed by atoms with Gasteiger partial charge in [0.1, 0.15) is 6.04 Å². The van der Waals surface area contributed by atoms with E-state index in [0.717, 1.165) is 0 Å². The molecule has 0 saturated carbocycles. The summed E-state index contributed by atoms with van der Waals surface area (Å²) in [5.74, 6) is -0.817. The molecule has 0 spiro atoms. The molecule has 1 saturated heterocycles. The lowest BCUT2D eigenvalue weighted by atomic mass is 9.92. The van der Waals surface area contributed by atoms with Gasteiger partial charge in [-0.05, 0) is 43.3 Å². The molecule has 5 nitrogen and oxygen atoms in total. The predicted octanol–water partition coefficient (Wildman–Crippen LogP) is 2.09. The van der Waals surface area contributed by atoms with Crippen LogP contribution in [0.4, 0.5) is 13.2 Å². The Morgan fingerprint density at radius 2 is 2.05 bits per heavy atom. The largest absolute Gasteiger partial charge is 0.405 e. The average molecular weight is 344 g/mol. The molecule has 0 radical (unpaired) electrons. The Balaban J connectivity index is 2.22. The molecule has 1 aromatic heterocycles. The van der Waals surface area contributed by atoms with Crippen molar-refractivity contribution in [3.63, 3.8) is 0 Å². The highest BCUT2D eigenvalue weighted by atomic mass is 32.2. The number of rotatable bonds is 4. The first-order chi connectivity index (χ1) is 9.70. The van der Waals surface area contributed by atoms with Gasteiger partial charge in [-0.25, -0.2) is 8.42 Å². The summed E-state index contributed by atoms with van der Waals surface area (Å²) < 4.78 is 74.1. The van der Waals surface area contributed by atoms with Crippen LogP contribution in [0.5, 0.6) is 0 Å². The van der Waals surface area contributed by atoms with Crippen LogP contribution in [0.25, 0.3) is 0 Å². The summed E-state index contributed by atoms with van der Waals surface area (Å²) in [6, 6.07) is -0.849. The maximum absolute atomic E-state index is 13.2. The van der Waals surface area contributed by atoms with Crippen LogP contribution in [0, 0.1) is 12.8 Å². The molecule has 0 amide bonds. The topological polar surface area (TPSA) is 68.3 Å². The Kier molecular flexibility index (Phi) is 4.91. The number of ether oxygens (including phenoxy) is 1. The molecule has 21 heavy (non-hydrogen) atoms. The molecule has 1 atom stereocenters. The highest BCUT2D eigenvalue weighted by Crippen LogP contribution is 2.32. The molecule has 2 rings (SSSR count). The third kappa shape index (κ3) is 4.15. The van der Waals surface area contributed by atoms with E-state index in [-0.39, 0.29) is 30.3 Å². The Labute approximate surface area is 124 Å². The van der Waals surface area contributed by atoms with E-state index in [0.29, 0.717) is 17.2 Å². The van der Waals surface area contributed by atoms with E-state index in [1.165, 1.54) is 6.07 Å². The quantitative estimate of drug-likeness (QED) is 0.908. The molecule has 0 bridgehead atoms. The van der Waals surface area contributed by atoms with Crippen LogP contribution in [-0.4, -0.2) is 38.2 Å². The monoisotopic (exact) mass is 344 g/mol. The normalized spacial score (nSPS) is 19.6. The Morgan fingerprint density at radius 3 is 2.52 bits per heavy atom. The predicted molar refractivity (Wildman–Crippen MR) is 70.6 cm³/mol. The number of nitrogens with zero attached hydrogens (tertiary/aromatic N) is 1. The van der Waals surface area contributed by atoms with Crippen LogP contribution in [0.2, 0.25) is 0 Å². The van der Waals surface area contributed by atoms with Crippen molar-refractivity contribution >= 4 is 21.6 Å². The number of aromatic nitrogens is 1. The number of sulfonamides is 1. The van der Waals surface area contributed by atoms with Crippen LogP contribution in [0.3, 0.4) is 0 Å². The maximum atomic E-state index is 13.2. The van der Waals surface area contributed by atoms with Crippen molar-refractivity contribution < 1.29 is 26.3 Å². The summed E-state index contributed by atoms with van der Waals surface area (Å²) in [6.45, 7) is 1.99. The smallest absolute Gasteiger partial charge is 0.381 e. The highest BCUT2D eigenvalue weighted by Gasteiger charge is 2.47. The number of hydrogen-bond donors (Lipinski definition) is 1. The van der Waals surface area contributed by atoms with Gasteiger partial charge in [-0.3, -0.25) is 0 Å². The van der Waals surface area contributed by atoms with E-state index in [1.807, 2.05) is 0 Å². The lowest BCUT2D eigenvalue weighted by Gasteiger charge is -2.31. The lowest BCUT2D eigenvalue weighted by Crippen LogP contribution is -2.51. The molecule has 1 aliphatic rings. The first-order valence-electron chi connectivity index (χ1n) is 6.30. The Bertz CT molecular complexity index is 580. The molecule has 1 fully saturated rings. The zero-order chi connectivity index (χ0) is 15.7. The number of alkyl halides is 3. The van der Waals surface area contributed by atoms with Crippen LogP contribution in [-0.2, 0) is 14.8 Å². The van der Waals surface area contributed by atoms with E-state index >= 15 is 0 Å². The van der Waals surface area contributed by atoms with Gasteiger partial charge in [0.2, 0.25) is 0 Å². The van der Waals surface area contributed by atoms with E-state index in [9.17, 15) is 21.6 Å². The van der Waals surface area contributed by atoms with Crippen LogP contribution in [0.15, 0.2) is 10.3 Å². The fourth-order valence-electron chi connectivity index (χ4n) is 2.17. The highest BCUT2D eigenvalue weighted by molar-refractivity contribution is 7.91. The molecule has 0 aromatic carbocycles. The SMILES string of the molecule is Cc1cc(S(=O)(=O)N[C@H](C2CCOCC2)C(F)(F)F)sn1. The third-order valence-electron chi connectivity index (χ3n) is 3.24. The van der Waals surface area contributed by atoms with Crippen molar-refractivity contribution in [2.45, 2.75) is 36.2 Å². The average Bonchev–Trinajstić information content (AvgIpc) is 2.83. The first-order valence-corrected chi connectivity index (χ1v) is 8.56.